The van der Waals surface area contributed by atoms with Gasteiger partial charge in [0.25, 0.3) is 0 Å². The third kappa shape index (κ3) is 24.1. The Morgan fingerprint density at radius 3 is 1.60 bits per heavy atom. The molecule has 2 unspecified atom stereocenters. The van der Waals surface area contributed by atoms with Crippen molar-refractivity contribution in [2.24, 2.45) is 0 Å². The number of unbranched alkanes of at least 4 members (excludes halogenated alkanes) is 14. The van der Waals surface area contributed by atoms with E-state index in [-0.39, 0.29) is 12.5 Å². The summed E-state index contributed by atoms with van der Waals surface area (Å²) in [6.45, 7) is 4.18. The Morgan fingerprint density at radius 1 is 0.657 bits per heavy atom. The molecule has 4 heteroatoms. The smallest absolute Gasteiger partial charge is 0.220 e. The van der Waals surface area contributed by atoms with Crippen molar-refractivity contribution < 1.29 is 15.0 Å². The van der Waals surface area contributed by atoms with Crippen molar-refractivity contribution >= 4 is 5.91 Å². The van der Waals surface area contributed by atoms with Crippen molar-refractivity contribution in [2.75, 3.05) is 6.61 Å². The number of carbonyl (C=O) groups is 1. The van der Waals surface area contributed by atoms with E-state index >= 15 is 0 Å². The van der Waals surface area contributed by atoms with E-state index in [0.717, 1.165) is 44.9 Å². The molecule has 0 aliphatic heterocycles. The number of aliphatic hydroxyl groups excluding tert-OH is 2. The zero-order valence-corrected chi connectivity index (χ0v) is 23.1. The Balaban J connectivity index is 3.77. The number of aliphatic hydroxyl groups is 2. The predicted molar refractivity (Wildman–Crippen MR) is 152 cm³/mol. The zero-order chi connectivity index (χ0) is 25.8. The predicted octanol–water partition coefficient (Wildman–Crippen LogP) is 7.94. The Morgan fingerprint density at radius 2 is 1.11 bits per heavy atom. The minimum absolute atomic E-state index is 0.0838. The Kier molecular flexibility index (Phi) is 26.1. The summed E-state index contributed by atoms with van der Waals surface area (Å²) < 4.78 is 0. The van der Waals surface area contributed by atoms with Crippen LogP contribution >= 0.6 is 0 Å². The van der Waals surface area contributed by atoms with E-state index in [4.69, 9.17) is 0 Å². The Hall–Kier alpha value is -1.39. The summed E-state index contributed by atoms with van der Waals surface area (Å²) in [6.07, 6.45) is 33.5. The third-order valence-corrected chi connectivity index (χ3v) is 6.33. The SMILES string of the molecule is CCC/C=C/CC/C=C/CC/C=C/C(O)C(CO)NC(=O)CCCCCCCCCCCCCC. The highest BCUT2D eigenvalue weighted by Gasteiger charge is 2.17. The number of amides is 1. The molecule has 0 fully saturated rings. The van der Waals surface area contributed by atoms with E-state index in [2.05, 4.69) is 43.5 Å². The fourth-order valence-corrected chi connectivity index (χ4v) is 4.04. The Labute approximate surface area is 217 Å². The molecule has 0 aromatic rings. The van der Waals surface area contributed by atoms with Gasteiger partial charge in [-0.15, -0.1) is 0 Å². The molecular formula is C31H57NO3. The van der Waals surface area contributed by atoms with E-state index in [1.165, 1.54) is 70.6 Å². The second kappa shape index (κ2) is 27.2. The molecule has 0 aromatic heterocycles. The van der Waals surface area contributed by atoms with Gasteiger partial charge < -0.3 is 15.5 Å². The molecular weight excluding hydrogens is 434 g/mol. The zero-order valence-electron chi connectivity index (χ0n) is 23.1. The minimum Gasteiger partial charge on any atom is -0.394 e. The van der Waals surface area contributed by atoms with Crippen LogP contribution in [0.2, 0.25) is 0 Å². The van der Waals surface area contributed by atoms with Crippen LogP contribution in [-0.4, -0.2) is 34.9 Å². The lowest BCUT2D eigenvalue weighted by Gasteiger charge is -2.19. The maximum absolute atomic E-state index is 12.2. The number of rotatable bonds is 25. The summed E-state index contributed by atoms with van der Waals surface area (Å²) in [5.41, 5.74) is 0. The first-order chi connectivity index (χ1) is 17.2. The largest absolute Gasteiger partial charge is 0.394 e. The summed E-state index contributed by atoms with van der Waals surface area (Å²) in [4.78, 5) is 12.2. The van der Waals surface area contributed by atoms with Crippen LogP contribution in [0.15, 0.2) is 36.5 Å². The molecule has 35 heavy (non-hydrogen) atoms. The van der Waals surface area contributed by atoms with Crippen LogP contribution in [0.25, 0.3) is 0 Å². The van der Waals surface area contributed by atoms with Gasteiger partial charge in [-0.25, -0.2) is 0 Å². The third-order valence-electron chi connectivity index (χ3n) is 6.33. The molecule has 0 rings (SSSR count). The maximum Gasteiger partial charge on any atom is 0.220 e. The van der Waals surface area contributed by atoms with Crippen molar-refractivity contribution in [1.82, 2.24) is 5.32 Å². The first-order valence-electron chi connectivity index (χ1n) is 14.7. The summed E-state index contributed by atoms with van der Waals surface area (Å²) in [7, 11) is 0. The number of nitrogens with one attached hydrogen (secondary N) is 1. The van der Waals surface area contributed by atoms with Gasteiger partial charge in [-0.2, -0.15) is 0 Å². The molecule has 4 nitrogen and oxygen atoms in total. The molecule has 204 valence electrons. The topological polar surface area (TPSA) is 69.6 Å². The summed E-state index contributed by atoms with van der Waals surface area (Å²) >= 11 is 0. The number of hydrogen-bond donors (Lipinski definition) is 3. The average Bonchev–Trinajstić information content (AvgIpc) is 2.86. The van der Waals surface area contributed by atoms with E-state index in [1.807, 2.05) is 6.08 Å². The van der Waals surface area contributed by atoms with Crippen LogP contribution in [0, 0.1) is 0 Å². The fourth-order valence-electron chi connectivity index (χ4n) is 4.04. The fraction of sp³-hybridized carbons (Fsp3) is 0.774. The average molecular weight is 492 g/mol. The molecule has 0 aliphatic carbocycles. The lowest BCUT2D eigenvalue weighted by molar-refractivity contribution is -0.123. The normalized spacial score (nSPS) is 13.8. The van der Waals surface area contributed by atoms with Crippen molar-refractivity contribution in [1.29, 1.82) is 0 Å². The van der Waals surface area contributed by atoms with Crippen molar-refractivity contribution in [3.63, 3.8) is 0 Å². The van der Waals surface area contributed by atoms with Crippen molar-refractivity contribution in [2.45, 2.75) is 148 Å². The quantitative estimate of drug-likeness (QED) is 0.0896. The van der Waals surface area contributed by atoms with Gasteiger partial charge in [0, 0.05) is 6.42 Å². The molecule has 1 amide bonds. The van der Waals surface area contributed by atoms with Gasteiger partial charge in [-0.1, -0.05) is 127 Å². The van der Waals surface area contributed by atoms with Gasteiger partial charge in [0.1, 0.15) is 0 Å². The highest BCUT2D eigenvalue weighted by molar-refractivity contribution is 5.76. The van der Waals surface area contributed by atoms with Gasteiger partial charge in [0.2, 0.25) is 5.91 Å². The van der Waals surface area contributed by atoms with Crippen LogP contribution in [-0.2, 0) is 4.79 Å². The van der Waals surface area contributed by atoms with Crippen molar-refractivity contribution in [3.8, 4) is 0 Å². The van der Waals surface area contributed by atoms with Gasteiger partial charge in [-0.3, -0.25) is 4.79 Å². The second-order valence-electron chi connectivity index (χ2n) is 9.80. The van der Waals surface area contributed by atoms with Crippen molar-refractivity contribution in [3.05, 3.63) is 36.5 Å². The molecule has 0 aromatic carbocycles. The van der Waals surface area contributed by atoms with Crippen LogP contribution in [0.3, 0.4) is 0 Å². The molecule has 0 radical (unpaired) electrons. The number of allylic oxidation sites excluding steroid dienone is 5. The van der Waals surface area contributed by atoms with E-state index in [1.54, 1.807) is 6.08 Å². The summed E-state index contributed by atoms with van der Waals surface area (Å²) in [6, 6.07) is -0.637. The van der Waals surface area contributed by atoms with Crippen LogP contribution < -0.4 is 5.32 Å². The highest BCUT2D eigenvalue weighted by Crippen LogP contribution is 2.12. The molecule has 0 aliphatic rings. The van der Waals surface area contributed by atoms with E-state index < -0.39 is 12.1 Å². The second-order valence-corrected chi connectivity index (χ2v) is 9.80. The van der Waals surface area contributed by atoms with Gasteiger partial charge in [0.05, 0.1) is 18.8 Å². The highest BCUT2D eigenvalue weighted by atomic mass is 16.3. The van der Waals surface area contributed by atoms with Gasteiger partial charge >= 0.3 is 0 Å². The summed E-state index contributed by atoms with van der Waals surface area (Å²) in [5.74, 6) is -0.0838. The monoisotopic (exact) mass is 491 g/mol. The van der Waals surface area contributed by atoms with Gasteiger partial charge in [0.15, 0.2) is 0 Å². The van der Waals surface area contributed by atoms with Crippen LogP contribution in [0.1, 0.15) is 136 Å². The lowest BCUT2D eigenvalue weighted by Crippen LogP contribution is -2.45. The van der Waals surface area contributed by atoms with E-state index in [9.17, 15) is 15.0 Å². The Bertz CT molecular complexity index is 541. The standard InChI is InChI=1S/C31H57NO3/c1-3-5-7-9-11-13-15-17-19-21-23-25-27-31(35)32-29(28-33)30(34)26-24-22-20-18-16-14-12-10-8-6-4-2/h8,10,16,18,24,26,29-30,33-34H,3-7,9,11-15,17,19-23,25,27-28H2,1-2H3,(H,32,35)/b10-8+,18-16+,26-24+. The first-order valence-corrected chi connectivity index (χ1v) is 14.7. The molecule has 0 saturated heterocycles. The first kappa shape index (κ1) is 33.6. The molecule has 2 atom stereocenters. The molecule has 0 spiro atoms. The lowest BCUT2D eigenvalue weighted by atomic mass is 10.0. The molecule has 0 saturated carbocycles. The summed E-state index contributed by atoms with van der Waals surface area (Å²) in [5, 5.41) is 22.6. The molecule has 0 bridgehead atoms. The maximum atomic E-state index is 12.2. The number of carbonyl (C=O) groups excluding carboxylic acids is 1. The van der Waals surface area contributed by atoms with Crippen LogP contribution in [0.4, 0.5) is 0 Å². The van der Waals surface area contributed by atoms with Crippen LogP contribution in [0.5, 0.6) is 0 Å². The molecule has 3 N–H and O–H groups in total. The van der Waals surface area contributed by atoms with E-state index in [0.29, 0.717) is 6.42 Å². The van der Waals surface area contributed by atoms with Gasteiger partial charge in [-0.05, 0) is 38.5 Å². The number of hydrogen-bond acceptors (Lipinski definition) is 3. The molecule has 0 heterocycles. The minimum atomic E-state index is -0.862.